The summed E-state index contributed by atoms with van der Waals surface area (Å²) in [5.41, 5.74) is -0.390. The van der Waals surface area contributed by atoms with E-state index in [-0.39, 0.29) is 5.56 Å². The van der Waals surface area contributed by atoms with Crippen LogP contribution in [-0.2, 0) is 6.18 Å². The maximum Gasteiger partial charge on any atom is 0.417 e. The molecule has 18 heavy (non-hydrogen) atoms. The number of nitrogens with one attached hydrogen (secondary N) is 1. The van der Waals surface area contributed by atoms with E-state index in [0.717, 1.165) is 6.07 Å². The van der Waals surface area contributed by atoms with Crippen LogP contribution in [0.2, 0.25) is 5.02 Å². The van der Waals surface area contributed by atoms with Gasteiger partial charge in [0.1, 0.15) is 0 Å². The molecule has 0 aliphatic carbocycles. The first-order valence-corrected chi connectivity index (χ1v) is 5.32. The Morgan fingerprint density at radius 1 is 1.11 bits per heavy atom. The number of hydrogen-bond donors (Lipinski definition) is 1. The molecule has 0 bridgehead atoms. The second-order valence-electron chi connectivity index (χ2n) is 3.62. The molecule has 94 valence electrons. The summed E-state index contributed by atoms with van der Waals surface area (Å²) < 4.78 is 37.5. The summed E-state index contributed by atoms with van der Waals surface area (Å²) in [6.45, 7) is 0. The van der Waals surface area contributed by atoms with Crippen LogP contribution in [0.3, 0.4) is 0 Å². The van der Waals surface area contributed by atoms with Gasteiger partial charge in [0.2, 0.25) is 5.56 Å². The highest BCUT2D eigenvalue weighted by atomic mass is 35.5. The van der Waals surface area contributed by atoms with Gasteiger partial charge in [0.05, 0.1) is 10.6 Å². The van der Waals surface area contributed by atoms with Crippen LogP contribution in [0.4, 0.5) is 13.2 Å². The SMILES string of the molecule is O=c1cccc(-c2ccc(C(F)(F)F)c(Cl)c2)[nH]1. The molecule has 1 N–H and O–H groups in total. The minimum absolute atomic E-state index is 0.330. The van der Waals surface area contributed by atoms with E-state index in [9.17, 15) is 18.0 Å². The molecule has 0 saturated heterocycles. The number of H-pyrrole nitrogens is 1. The first kappa shape index (κ1) is 12.7. The largest absolute Gasteiger partial charge is 0.417 e. The smallest absolute Gasteiger partial charge is 0.322 e. The van der Waals surface area contributed by atoms with Crippen LogP contribution in [-0.4, -0.2) is 4.98 Å². The number of pyridine rings is 1. The molecule has 0 spiro atoms. The first-order chi connectivity index (χ1) is 8.38. The summed E-state index contributed by atoms with van der Waals surface area (Å²) in [5, 5.41) is -0.398. The number of benzene rings is 1. The van der Waals surface area contributed by atoms with Crippen molar-refractivity contribution in [1.29, 1.82) is 0 Å². The van der Waals surface area contributed by atoms with Gasteiger partial charge < -0.3 is 4.98 Å². The quantitative estimate of drug-likeness (QED) is 0.844. The minimum Gasteiger partial charge on any atom is -0.322 e. The van der Waals surface area contributed by atoms with Gasteiger partial charge in [0.15, 0.2) is 0 Å². The summed E-state index contributed by atoms with van der Waals surface area (Å²) in [6.07, 6.45) is -4.49. The molecule has 0 atom stereocenters. The summed E-state index contributed by atoms with van der Waals surface area (Å²) in [6, 6.07) is 7.74. The Kier molecular flexibility index (Phi) is 3.17. The van der Waals surface area contributed by atoms with Crippen molar-refractivity contribution >= 4 is 11.6 Å². The Morgan fingerprint density at radius 2 is 1.83 bits per heavy atom. The minimum atomic E-state index is -4.49. The van der Waals surface area contributed by atoms with E-state index < -0.39 is 16.8 Å². The third kappa shape index (κ3) is 2.56. The summed E-state index contributed by atoms with van der Waals surface area (Å²) in [4.78, 5) is 13.6. The zero-order valence-electron chi connectivity index (χ0n) is 8.88. The molecule has 1 aromatic heterocycles. The molecule has 1 aromatic carbocycles. The third-order valence-corrected chi connectivity index (χ3v) is 2.67. The predicted molar refractivity (Wildman–Crippen MR) is 62.5 cm³/mol. The molecular formula is C12H7ClF3NO. The standard InChI is InChI=1S/C12H7ClF3NO/c13-9-6-7(4-5-8(9)12(14,15)16)10-2-1-3-11(18)17-10/h1-6H,(H,17,18). The van der Waals surface area contributed by atoms with Crippen LogP contribution >= 0.6 is 11.6 Å². The lowest BCUT2D eigenvalue weighted by Crippen LogP contribution is -2.06. The van der Waals surface area contributed by atoms with E-state index in [2.05, 4.69) is 4.98 Å². The topological polar surface area (TPSA) is 32.9 Å². The van der Waals surface area contributed by atoms with Gasteiger partial charge in [0, 0.05) is 11.8 Å². The van der Waals surface area contributed by atoms with Crippen molar-refractivity contribution in [3.05, 3.63) is 57.3 Å². The fourth-order valence-electron chi connectivity index (χ4n) is 1.53. The van der Waals surface area contributed by atoms with Crippen molar-refractivity contribution < 1.29 is 13.2 Å². The van der Waals surface area contributed by atoms with Crippen LogP contribution in [0, 0.1) is 0 Å². The van der Waals surface area contributed by atoms with Gasteiger partial charge in [-0.3, -0.25) is 4.79 Å². The molecule has 0 saturated carbocycles. The van der Waals surface area contributed by atoms with E-state index in [1.807, 2.05) is 0 Å². The van der Waals surface area contributed by atoms with Crippen molar-refractivity contribution in [3.8, 4) is 11.3 Å². The van der Waals surface area contributed by atoms with Gasteiger partial charge in [0.25, 0.3) is 0 Å². The highest BCUT2D eigenvalue weighted by Crippen LogP contribution is 2.36. The van der Waals surface area contributed by atoms with Crippen LogP contribution in [0.5, 0.6) is 0 Å². The maximum absolute atomic E-state index is 12.5. The number of halogens is 4. The molecule has 0 aliphatic heterocycles. The van der Waals surface area contributed by atoms with Crippen molar-refractivity contribution in [1.82, 2.24) is 4.98 Å². The Balaban J connectivity index is 2.50. The van der Waals surface area contributed by atoms with E-state index in [4.69, 9.17) is 11.6 Å². The fourth-order valence-corrected chi connectivity index (χ4v) is 1.82. The summed E-state index contributed by atoms with van der Waals surface area (Å²) >= 11 is 5.59. The van der Waals surface area contributed by atoms with Gasteiger partial charge in [-0.2, -0.15) is 13.2 Å². The molecule has 2 aromatic rings. The van der Waals surface area contributed by atoms with Gasteiger partial charge in [-0.25, -0.2) is 0 Å². The van der Waals surface area contributed by atoms with Crippen LogP contribution in [0.1, 0.15) is 5.56 Å². The highest BCUT2D eigenvalue weighted by molar-refractivity contribution is 6.31. The van der Waals surface area contributed by atoms with Crippen LogP contribution < -0.4 is 5.56 Å². The molecule has 0 aliphatic rings. The van der Waals surface area contributed by atoms with Gasteiger partial charge in [-0.1, -0.05) is 23.7 Å². The average Bonchev–Trinajstić information content (AvgIpc) is 2.27. The molecule has 0 amide bonds. The third-order valence-electron chi connectivity index (χ3n) is 2.35. The summed E-state index contributed by atoms with van der Waals surface area (Å²) in [7, 11) is 0. The van der Waals surface area contributed by atoms with Crippen molar-refractivity contribution in [2.24, 2.45) is 0 Å². The fraction of sp³-hybridized carbons (Fsp3) is 0.0833. The average molecular weight is 274 g/mol. The highest BCUT2D eigenvalue weighted by Gasteiger charge is 2.33. The monoisotopic (exact) mass is 273 g/mol. The lowest BCUT2D eigenvalue weighted by atomic mass is 10.1. The predicted octanol–water partition coefficient (Wildman–Crippen LogP) is 3.71. The first-order valence-electron chi connectivity index (χ1n) is 4.94. The molecule has 0 fully saturated rings. The maximum atomic E-state index is 12.5. The Hall–Kier alpha value is -1.75. The van der Waals surface area contributed by atoms with E-state index in [1.165, 1.54) is 24.3 Å². The Labute approximate surface area is 105 Å². The normalized spacial score (nSPS) is 11.6. The Morgan fingerprint density at radius 3 is 2.39 bits per heavy atom. The molecule has 0 radical (unpaired) electrons. The van der Waals surface area contributed by atoms with Crippen molar-refractivity contribution in [2.75, 3.05) is 0 Å². The van der Waals surface area contributed by atoms with E-state index in [0.29, 0.717) is 11.3 Å². The Bertz CT molecular complexity index is 634. The second kappa shape index (κ2) is 4.49. The number of alkyl halides is 3. The van der Waals surface area contributed by atoms with Crippen molar-refractivity contribution in [2.45, 2.75) is 6.18 Å². The van der Waals surface area contributed by atoms with E-state index in [1.54, 1.807) is 6.07 Å². The van der Waals surface area contributed by atoms with Crippen LogP contribution in [0.15, 0.2) is 41.2 Å². The van der Waals surface area contributed by atoms with Crippen LogP contribution in [0.25, 0.3) is 11.3 Å². The number of rotatable bonds is 1. The number of hydrogen-bond acceptors (Lipinski definition) is 1. The van der Waals surface area contributed by atoms with Crippen molar-refractivity contribution in [3.63, 3.8) is 0 Å². The molecule has 2 nitrogen and oxygen atoms in total. The zero-order chi connectivity index (χ0) is 13.3. The lowest BCUT2D eigenvalue weighted by Gasteiger charge is -2.10. The second-order valence-corrected chi connectivity index (χ2v) is 4.03. The molecule has 1 heterocycles. The number of aromatic amines is 1. The molecule has 0 unspecified atom stereocenters. The zero-order valence-corrected chi connectivity index (χ0v) is 9.64. The molecule has 2 rings (SSSR count). The van der Waals surface area contributed by atoms with Gasteiger partial charge >= 0.3 is 6.18 Å². The van der Waals surface area contributed by atoms with E-state index >= 15 is 0 Å². The summed E-state index contributed by atoms with van der Waals surface area (Å²) in [5.74, 6) is 0. The lowest BCUT2D eigenvalue weighted by molar-refractivity contribution is -0.137. The molecule has 6 heteroatoms. The number of aromatic nitrogens is 1. The molecular weight excluding hydrogens is 267 g/mol. The van der Waals surface area contributed by atoms with Gasteiger partial charge in [-0.05, 0) is 23.8 Å². The van der Waals surface area contributed by atoms with Gasteiger partial charge in [-0.15, -0.1) is 0 Å².